The average Bonchev–Trinajstić information content (AvgIpc) is 3.10. The molecule has 2 atom stereocenters. The summed E-state index contributed by atoms with van der Waals surface area (Å²) < 4.78 is 0. The lowest BCUT2D eigenvalue weighted by molar-refractivity contribution is -0.127. The number of para-hydroxylation sites is 1. The lowest BCUT2D eigenvalue weighted by Crippen LogP contribution is -2.46. The van der Waals surface area contributed by atoms with Crippen molar-refractivity contribution < 1.29 is 9.59 Å². The molecule has 2 heterocycles. The van der Waals surface area contributed by atoms with Crippen LogP contribution in [0.1, 0.15) is 25.8 Å². The van der Waals surface area contributed by atoms with Crippen molar-refractivity contribution in [2.24, 2.45) is 5.92 Å². The Morgan fingerprint density at radius 3 is 2.74 bits per heavy atom. The SMILES string of the molecule is CC(=O)N1CC[C@H](CN(C)C(=O)N2c3ccccc3C[C@H]2C)C1. The quantitative estimate of drug-likeness (QED) is 0.841. The van der Waals surface area contributed by atoms with Gasteiger partial charge in [0.05, 0.1) is 0 Å². The minimum Gasteiger partial charge on any atom is -0.343 e. The van der Waals surface area contributed by atoms with Crippen LogP contribution in [0.3, 0.4) is 0 Å². The number of carbonyl (C=O) groups excluding carboxylic acids is 2. The highest BCUT2D eigenvalue weighted by Gasteiger charge is 2.34. The number of anilines is 1. The molecule has 3 rings (SSSR count). The molecule has 0 N–H and O–H groups in total. The van der Waals surface area contributed by atoms with Crippen molar-refractivity contribution >= 4 is 17.6 Å². The smallest absolute Gasteiger partial charge is 0.324 e. The van der Waals surface area contributed by atoms with E-state index in [1.54, 1.807) is 6.92 Å². The molecule has 0 aliphatic carbocycles. The molecule has 1 fully saturated rings. The molecular formula is C18H25N3O2. The van der Waals surface area contributed by atoms with E-state index < -0.39 is 0 Å². The van der Waals surface area contributed by atoms with Gasteiger partial charge in [-0.3, -0.25) is 9.69 Å². The molecule has 5 nitrogen and oxygen atoms in total. The minimum absolute atomic E-state index is 0.0590. The van der Waals surface area contributed by atoms with E-state index in [0.717, 1.165) is 31.6 Å². The second kappa shape index (κ2) is 6.22. The van der Waals surface area contributed by atoms with Crippen LogP contribution in [0.4, 0.5) is 10.5 Å². The van der Waals surface area contributed by atoms with Crippen molar-refractivity contribution in [1.29, 1.82) is 0 Å². The largest absolute Gasteiger partial charge is 0.343 e. The maximum atomic E-state index is 12.9. The molecule has 2 aliphatic rings. The van der Waals surface area contributed by atoms with Crippen LogP contribution in [0, 0.1) is 5.92 Å². The molecule has 23 heavy (non-hydrogen) atoms. The highest BCUT2D eigenvalue weighted by Crippen LogP contribution is 2.32. The van der Waals surface area contributed by atoms with E-state index in [-0.39, 0.29) is 18.0 Å². The van der Waals surface area contributed by atoms with Crippen molar-refractivity contribution in [3.8, 4) is 0 Å². The first-order valence-electron chi connectivity index (χ1n) is 8.35. The van der Waals surface area contributed by atoms with Gasteiger partial charge in [-0.25, -0.2) is 4.79 Å². The Balaban J connectivity index is 1.65. The Kier molecular flexibility index (Phi) is 4.28. The minimum atomic E-state index is 0.0590. The van der Waals surface area contributed by atoms with Gasteiger partial charge >= 0.3 is 6.03 Å². The van der Waals surface area contributed by atoms with E-state index in [1.807, 2.05) is 39.9 Å². The molecule has 5 heteroatoms. The van der Waals surface area contributed by atoms with Gasteiger partial charge in [0.2, 0.25) is 5.91 Å². The number of fused-ring (bicyclic) bond motifs is 1. The summed E-state index contributed by atoms with van der Waals surface area (Å²) in [7, 11) is 1.87. The molecule has 1 aromatic carbocycles. The van der Waals surface area contributed by atoms with E-state index in [9.17, 15) is 9.59 Å². The third-order valence-corrected chi connectivity index (χ3v) is 5.00. The summed E-state index contributed by atoms with van der Waals surface area (Å²) in [4.78, 5) is 29.9. The molecular weight excluding hydrogens is 290 g/mol. The number of amides is 3. The first-order chi connectivity index (χ1) is 11.0. The summed E-state index contributed by atoms with van der Waals surface area (Å²) in [5, 5.41) is 0. The average molecular weight is 315 g/mol. The number of rotatable bonds is 2. The van der Waals surface area contributed by atoms with Crippen molar-refractivity contribution in [1.82, 2.24) is 9.80 Å². The van der Waals surface area contributed by atoms with Crippen molar-refractivity contribution in [3.05, 3.63) is 29.8 Å². The van der Waals surface area contributed by atoms with E-state index in [0.29, 0.717) is 12.5 Å². The predicted molar refractivity (Wildman–Crippen MR) is 90.5 cm³/mol. The fourth-order valence-electron chi connectivity index (χ4n) is 3.77. The molecule has 3 amide bonds. The molecule has 0 saturated carbocycles. The van der Waals surface area contributed by atoms with Gasteiger partial charge in [-0.05, 0) is 37.3 Å². The lowest BCUT2D eigenvalue weighted by Gasteiger charge is -2.30. The standard InChI is InChI=1S/C18H25N3O2/c1-13-10-16-6-4-5-7-17(16)21(13)18(23)19(3)11-15-8-9-20(12-15)14(2)22/h4-7,13,15H,8-12H2,1-3H3/t13-,15-/m1/s1. The first kappa shape index (κ1) is 15.8. The molecule has 0 radical (unpaired) electrons. The number of likely N-dealkylation sites (tertiary alicyclic amines) is 1. The van der Waals surface area contributed by atoms with Crippen LogP contribution >= 0.6 is 0 Å². The topological polar surface area (TPSA) is 43.9 Å². The van der Waals surface area contributed by atoms with Crippen LogP contribution in [-0.2, 0) is 11.2 Å². The third kappa shape index (κ3) is 3.05. The Morgan fingerprint density at radius 1 is 1.30 bits per heavy atom. The summed E-state index contributed by atoms with van der Waals surface area (Å²) in [6, 6.07) is 8.39. The Bertz CT molecular complexity index is 616. The predicted octanol–water partition coefficient (Wildman–Crippen LogP) is 2.36. The van der Waals surface area contributed by atoms with Gasteiger partial charge in [0.15, 0.2) is 0 Å². The van der Waals surface area contributed by atoms with Crippen LogP contribution in [0.5, 0.6) is 0 Å². The van der Waals surface area contributed by atoms with E-state index in [2.05, 4.69) is 13.0 Å². The van der Waals surface area contributed by atoms with Crippen molar-refractivity contribution in [2.75, 3.05) is 31.6 Å². The molecule has 0 spiro atoms. The fourth-order valence-corrected chi connectivity index (χ4v) is 3.77. The van der Waals surface area contributed by atoms with Crippen LogP contribution in [0.15, 0.2) is 24.3 Å². The van der Waals surface area contributed by atoms with Gasteiger partial charge in [-0.15, -0.1) is 0 Å². The van der Waals surface area contributed by atoms with Crippen LogP contribution in [0.2, 0.25) is 0 Å². The summed E-state index contributed by atoms with van der Waals surface area (Å²) in [6.07, 6.45) is 1.89. The maximum Gasteiger partial charge on any atom is 0.324 e. The van der Waals surface area contributed by atoms with Gasteiger partial charge < -0.3 is 9.80 Å². The van der Waals surface area contributed by atoms with Gasteiger partial charge in [0.25, 0.3) is 0 Å². The zero-order valence-electron chi connectivity index (χ0n) is 14.2. The molecule has 0 aromatic heterocycles. The Labute approximate surface area is 137 Å². The molecule has 1 aromatic rings. The molecule has 124 valence electrons. The van der Waals surface area contributed by atoms with Gasteiger partial charge in [0.1, 0.15) is 0 Å². The highest BCUT2D eigenvalue weighted by molar-refractivity contribution is 5.94. The lowest BCUT2D eigenvalue weighted by atomic mass is 10.1. The molecule has 0 unspecified atom stereocenters. The number of hydrogen-bond acceptors (Lipinski definition) is 2. The molecule has 0 bridgehead atoms. The zero-order chi connectivity index (χ0) is 16.6. The zero-order valence-corrected chi connectivity index (χ0v) is 14.2. The molecule has 1 saturated heterocycles. The highest BCUT2D eigenvalue weighted by atomic mass is 16.2. The second-order valence-corrected chi connectivity index (χ2v) is 6.83. The number of benzene rings is 1. The normalized spacial score (nSPS) is 23.1. The summed E-state index contributed by atoms with van der Waals surface area (Å²) in [5.41, 5.74) is 2.28. The van der Waals surface area contributed by atoms with Crippen LogP contribution in [0.25, 0.3) is 0 Å². The second-order valence-electron chi connectivity index (χ2n) is 6.83. The van der Waals surface area contributed by atoms with E-state index in [4.69, 9.17) is 0 Å². The summed E-state index contributed by atoms with van der Waals surface area (Å²) in [5.74, 6) is 0.504. The number of hydrogen-bond donors (Lipinski definition) is 0. The number of urea groups is 1. The Morgan fingerprint density at radius 2 is 2.04 bits per heavy atom. The first-order valence-corrected chi connectivity index (χ1v) is 8.35. The van der Waals surface area contributed by atoms with Gasteiger partial charge in [-0.1, -0.05) is 18.2 Å². The Hall–Kier alpha value is -2.04. The monoisotopic (exact) mass is 315 g/mol. The van der Waals surface area contributed by atoms with E-state index in [1.165, 1.54) is 5.56 Å². The van der Waals surface area contributed by atoms with E-state index >= 15 is 0 Å². The number of nitrogens with zero attached hydrogens (tertiary/aromatic N) is 3. The van der Waals surface area contributed by atoms with Crippen LogP contribution in [-0.4, -0.2) is 54.5 Å². The summed E-state index contributed by atoms with van der Waals surface area (Å²) >= 11 is 0. The summed E-state index contributed by atoms with van der Waals surface area (Å²) in [6.45, 7) is 5.98. The van der Waals surface area contributed by atoms with Gasteiger partial charge in [0, 0.05) is 45.3 Å². The third-order valence-electron chi connectivity index (χ3n) is 5.00. The van der Waals surface area contributed by atoms with Gasteiger partial charge in [-0.2, -0.15) is 0 Å². The number of carbonyl (C=O) groups is 2. The molecule has 2 aliphatic heterocycles. The van der Waals surface area contributed by atoms with Crippen molar-refractivity contribution in [2.45, 2.75) is 32.7 Å². The van der Waals surface area contributed by atoms with Crippen LogP contribution < -0.4 is 4.90 Å². The fraction of sp³-hybridized carbons (Fsp3) is 0.556. The maximum absolute atomic E-state index is 12.9. The van der Waals surface area contributed by atoms with Crippen molar-refractivity contribution in [3.63, 3.8) is 0 Å².